The summed E-state index contributed by atoms with van der Waals surface area (Å²) in [6.45, 7) is 3.78. The number of benzene rings is 1. The number of carboxylic acid groups (broad SMARTS) is 1. The van der Waals surface area contributed by atoms with Gasteiger partial charge in [-0.25, -0.2) is 0 Å². The molecule has 1 aliphatic carbocycles. The quantitative estimate of drug-likeness (QED) is 0.855. The first-order valence-corrected chi connectivity index (χ1v) is 9.92. The van der Waals surface area contributed by atoms with E-state index in [1.807, 2.05) is 18.2 Å². The number of rotatable bonds is 3. The van der Waals surface area contributed by atoms with Crippen LogP contribution < -0.4 is 4.74 Å². The van der Waals surface area contributed by atoms with Crippen LogP contribution in [-0.2, 0) is 10.4 Å². The summed E-state index contributed by atoms with van der Waals surface area (Å²) >= 11 is 0. The fourth-order valence-electron chi connectivity index (χ4n) is 6.42. The Hall–Kier alpha value is -1.92. The fraction of sp³-hybridized carbons (Fsp3) is 0.619. The van der Waals surface area contributed by atoms with Gasteiger partial charge in [0.1, 0.15) is 16.8 Å². The Morgan fingerprint density at radius 1 is 1.44 bits per heavy atom. The number of hydrogen-bond donors (Lipinski definition) is 2. The molecule has 4 aliphatic heterocycles. The van der Waals surface area contributed by atoms with Gasteiger partial charge in [0.15, 0.2) is 0 Å². The van der Waals surface area contributed by atoms with Crippen LogP contribution in [0, 0.1) is 17.3 Å². The van der Waals surface area contributed by atoms with Crippen molar-refractivity contribution in [3.8, 4) is 5.75 Å². The van der Waals surface area contributed by atoms with Crippen LogP contribution in [0.4, 0.5) is 5.69 Å². The Morgan fingerprint density at radius 2 is 2.26 bits per heavy atom. The molecular weight excluding hydrogens is 344 g/mol. The molecule has 0 aromatic heterocycles. The summed E-state index contributed by atoms with van der Waals surface area (Å²) in [4.78, 5) is 19.9. The lowest BCUT2D eigenvalue weighted by molar-refractivity contribution is -0.160. The lowest BCUT2D eigenvalue weighted by Crippen LogP contribution is -2.68. The molecule has 0 radical (unpaired) electrons. The first-order valence-electron chi connectivity index (χ1n) is 9.92. The molecule has 1 aromatic rings. The standard InChI is InChI=1S/C21H26N2O4/c1-3-13-8-12-10-20(19(24)25)17(13)23(11-12)7-6-21(26)15-9-14(27-2)4-5-16(15)22-18(20)21/h4-5,9,12-13,17,26H,3,6-8,10-11H2,1-2H3,(H,24,25)/t12-,13+,17+,20+,21+/m1/s1. The SMILES string of the molecule is CC[C@H]1C[C@H]2CN3CC[C@@]4(O)C(=Nc5ccc(OC)cc54)[C@](C(=O)O)(C2)[C@H]13. The molecule has 1 unspecified atom stereocenters. The minimum absolute atomic E-state index is 0.0889. The molecule has 1 aromatic carbocycles. The number of hydrogen-bond acceptors (Lipinski definition) is 5. The molecule has 5 aliphatic rings. The molecule has 144 valence electrons. The maximum absolute atomic E-state index is 12.8. The van der Waals surface area contributed by atoms with Gasteiger partial charge in [0, 0.05) is 24.7 Å². The first-order chi connectivity index (χ1) is 12.9. The number of piperidine rings is 2. The van der Waals surface area contributed by atoms with Crippen molar-refractivity contribution >= 4 is 17.4 Å². The van der Waals surface area contributed by atoms with E-state index in [1.54, 1.807) is 7.11 Å². The van der Waals surface area contributed by atoms with Gasteiger partial charge >= 0.3 is 5.97 Å². The zero-order chi connectivity index (χ0) is 19.0. The number of aliphatic carboxylic acids is 1. The Labute approximate surface area is 158 Å². The zero-order valence-electron chi connectivity index (χ0n) is 15.8. The number of carboxylic acids is 1. The van der Waals surface area contributed by atoms with Crippen molar-refractivity contribution in [1.29, 1.82) is 0 Å². The number of carbonyl (C=O) groups is 1. The Bertz CT molecular complexity index is 853. The summed E-state index contributed by atoms with van der Waals surface area (Å²) in [5.74, 6) is 0.499. The van der Waals surface area contributed by atoms with E-state index in [9.17, 15) is 15.0 Å². The van der Waals surface area contributed by atoms with Crippen LogP contribution in [-0.4, -0.2) is 53.0 Å². The second-order valence-electron chi connectivity index (χ2n) is 8.64. The van der Waals surface area contributed by atoms with Crippen molar-refractivity contribution in [1.82, 2.24) is 4.90 Å². The topological polar surface area (TPSA) is 82.4 Å². The van der Waals surface area contributed by atoms with Crippen molar-refractivity contribution < 1.29 is 19.7 Å². The van der Waals surface area contributed by atoms with Gasteiger partial charge in [-0.05, 0) is 49.3 Å². The second-order valence-corrected chi connectivity index (χ2v) is 8.64. The van der Waals surface area contributed by atoms with E-state index in [-0.39, 0.29) is 6.04 Å². The van der Waals surface area contributed by atoms with Gasteiger partial charge in [0.2, 0.25) is 0 Å². The van der Waals surface area contributed by atoms with Crippen LogP contribution in [0.1, 0.15) is 38.2 Å². The highest BCUT2D eigenvalue weighted by Gasteiger charge is 2.68. The van der Waals surface area contributed by atoms with Gasteiger partial charge in [0.25, 0.3) is 0 Å². The van der Waals surface area contributed by atoms with E-state index in [2.05, 4.69) is 11.8 Å². The van der Waals surface area contributed by atoms with Crippen LogP contribution in [0.25, 0.3) is 0 Å². The highest BCUT2D eigenvalue weighted by atomic mass is 16.5. The number of aliphatic hydroxyl groups is 1. The minimum atomic E-state index is -1.33. The number of nitrogens with zero attached hydrogens (tertiary/aromatic N) is 2. The number of fused-ring (bicyclic) bond motifs is 4. The van der Waals surface area contributed by atoms with E-state index in [1.165, 1.54) is 0 Å². The third-order valence-electron chi connectivity index (χ3n) is 7.45. The highest BCUT2D eigenvalue weighted by Crippen LogP contribution is 2.59. The highest BCUT2D eigenvalue weighted by molar-refractivity contribution is 6.15. The van der Waals surface area contributed by atoms with Gasteiger partial charge < -0.3 is 14.9 Å². The first kappa shape index (κ1) is 17.2. The molecule has 0 amide bonds. The Morgan fingerprint density at radius 3 is 2.96 bits per heavy atom. The summed E-state index contributed by atoms with van der Waals surface area (Å²) < 4.78 is 5.35. The predicted octanol–water partition coefficient (Wildman–Crippen LogP) is 2.56. The molecule has 4 bridgehead atoms. The predicted molar refractivity (Wildman–Crippen MR) is 101 cm³/mol. The third kappa shape index (κ3) is 2.03. The molecular formula is C21H26N2O4. The van der Waals surface area contributed by atoms with E-state index in [0.717, 1.165) is 19.4 Å². The molecule has 6 atom stereocenters. The van der Waals surface area contributed by atoms with Crippen LogP contribution in [0.3, 0.4) is 0 Å². The largest absolute Gasteiger partial charge is 0.497 e. The van der Waals surface area contributed by atoms with Gasteiger partial charge in [0.05, 0.1) is 18.5 Å². The van der Waals surface area contributed by atoms with Crippen LogP contribution in [0.5, 0.6) is 5.75 Å². The molecule has 2 N–H and O–H groups in total. The van der Waals surface area contributed by atoms with Crippen molar-refractivity contribution in [2.24, 2.45) is 22.2 Å². The average Bonchev–Trinajstić information content (AvgIpc) is 2.94. The van der Waals surface area contributed by atoms with E-state index >= 15 is 0 Å². The van der Waals surface area contributed by atoms with E-state index in [4.69, 9.17) is 9.73 Å². The lowest BCUT2D eigenvalue weighted by Gasteiger charge is -2.57. The molecule has 0 spiro atoms. The molecule has 6 heteroatoms. The van der Waals surface area contributed by atoms with Crippen LogP contribution >= 0.6 is 0 Å². The third-order valence-corrected chi connectivity index (χ3v) is 7.45. The van der Waals surface area contributed by atoms with E-state index < -0.39 is 17.0 Å². The van der Waals surface area contributed by atoms with Crippen LogP contribution in [0.2, 0.25) is 0 Å². The lowest BCUT2D eigenvalue weighted by atomic mass is 9.54. The van der Waals surface area contributed by atoms with Gasteiger partial charge in [-0.2, -0.15) is 0 Å². The maximum atomic E-state index is 12.8. The number of ether oxygens (including phenoxy) is 1. The summed E-state index contributed by atoms with van der Waals surface area (Å²) in [6, 6.07) is 5.38. The molecule has 4 fully saturated rings. The molecule has 1 saturated carbocycles. The average molecular weight is 370 g/mol. The Balaban J connectivity index is 1.73. The van der Waals surface area contributed by atoms with Crippen molar-refractivity contribution in [2.45, 2.75) is 44.2 Å². The van der Waals surface area contributed by atoms with E-state index in [0.29, 0.717) is 53.9 Å². The van der Waals surface area contributed by atoms with Gasteiger partial charge in [-0.15, -0.1) is 0 Å². The summed E-state index contributed by atoms with van der Waals surface area (Å²) in [7, 11) is 1.60. The number of aliphatic imine (C=N–C) groups is 1. The summed E-state index contributed by atoms with van der Waals surface area (Å²) in [6.07, 6.45) is 3.09. The monoisotopic (exact) mass is 370 g/mol. The molecule has 4 heterocycles. The smallest absolute Gasteiger partial charge is 0.317 e. The second kappa shape index (κ2) is 5.55. The van der Waals surface area contributed by atoms with Crippen molar-refractivity contribution in [2.75, 3.05) is 20.2 Å². The summed E-state index contributed by atoms with van der Waals surface area (Å²) in [5, 5.41) is 22.3. The van der Waals surface area contributed by atoms with Gasteiger partial charge in [-0.3, -0.25) is 14.7 Å². The molecule has 3 saturated heterocycles. The minimum Gasteiger partial charge on any atom is -0.497 e. The summed E-state index contributed by atoms with van der Waals surface area (Å²) in [5.41, 5.74) is -0.618. The van der Waals surface area contributed by atoms with Crippen LogP contribution in [0.15, 0.2) is 23.2 Å². The van der Waals surface area contributed by atoms with Crippen molar-refractivity contribution in [3.63, 3.8) is 0 Å². The number of methoxy groups -OCH3 is 1. The maximum Gasteiger partial charge on any atom is 0.317 e. The fourth-order valence-corrected chi connectivity index (χ4v) is 6.42. The normalized spacial score (nSPS) is 41.4. The Kier molecular flexibility index (Phi) is 3.53. The molecule has 6 rings (SSSR count). The van der Waals surface area contributed by atoms with Gasteiger partial charge in [-0.1, -0.05) is 13.3 Å². The van der Waals surface area contributed by atoms with Crippen molar-refractivity contribution in [3.05, 3.63) is 23.8 Å². The molecule has 27 heavy (non-hydrogen) atoms. The zero-order valence-corrected chi connectivity index (χ0v) is 15.8. The molecule has 6 nitrogen and oxygen atoms in total.